The van der Waals surface area contributed by atoms with Crippen LogP contribution < -0.4 is 4.90 Å². The average Bonchev–Trinajstić information content (AvgIpc) is 3.27. The van der Waals surface area contributed by atoms with Crippen LogP contribution in [0.5, 0.6) is 0 Å². The summed E-state index contributed by atoms with van der Waals surface area (Å²) < 4.78 is 20.7. The molecule has 0 bridgehead atoms. The van der Waals surface area contributed by atoms with Gasteiger partial charge in [-0.05, 0) is 42.3 Å². The molecular weight excluding hydrogens is 545 g/mol. The first-order valence-corrected chi connectivity index (χ1v) is 13.2. The van der Waals surface area contributed by atoms with Crippen LogP contribution in [0.3, 0.4) is 0 Å². The number of imidazole rings is 1. The number of carboxylic acid groups (broad SMARTS) is 1. The number of amides is 1. The molecular formula is C30H32FN5O6. The number of rotatable bonds is 10. The highest BCUT2D eigenvalue weighted by molar-refractivity contribution is 5.95. The van der Waals surface area contributed by atoms with Gasteiger partial charge in [-0.25, -0.2) is 24.1 Å². The number of benzene rings is 2. The van der Waals surface area contributed by atoms with E-state index in [9.17, 15) is 24.2 Å². The van der Waals surface area contributed by atoms with Crippen molar-refractivity contribution < 1.29 is 34.0 Å². The quantitative estimate of drug-likeness (QED) is 0.241. The fourth-order valence-corrected chi connectivity index (χ4v) is 4.53. The Morgan fingerprint density at radius 3 is 2.38 bits per heavy atom. The second-order valence-corrected chi connectivity index (χ2v) is 10.0. The lowest BCUT2D eigenvalue weighted by molar-refractivity contribution is -0.139. The zero-order valence-electron chi connectivity index (χ0n) is 23.6. The molecule has 0 aliphatic rings. The van der Waals surface area contributed by atoms with Crippen molar-refractivity contribution in [3.63, 3.8) is 0 Å². The lowest BCUT2D eigenvalue weighted by atomic mass is 9.97. The number of anilines is 2. The lowest BCUT2D eigenvalue weighted by Gasteiger charge is -2.22. The van der Waals surface area contributed by atoms with Gasteiger partial charge in [-0.1, -0.05) is 38.1 Å². The van der Waals surface area contributed by atoms with Crippen LogP contribution in [0.15, 0.2) is 54.6 Å². The molecule has 12 heteroatoms. The van der Waals surface area contributed by atoms with Gasteiger partial charge in [-0.3, -0.25) is 4.79 Å². The molecule has 2 aromatic carbocycles. The number of nitrogens with zero attached hydrogens (tertiary/aromatic N) is 5. The number of carbonyl (C=O) groups is 2. The first kappa shape index (κ1) is 30.3. The highest BCUT2D eigenvalue weighted by atomic mass is 19.1. The van der Waals surface area contributed by atoms with E-state index in [4.69, 9.17) is 19.8 Å². The van der Waals surface area contributed by atoms with E-state index in [1.54, 1.807) is 17.7 Å². The minimum absolute atomic E-state index is 0.0298. The third-order valence-electron chi connectivity index (χ3n) is 6.56. The molecule has 0 spiro atoms. The van der Waals surface area contributed by atoms with Gasteiger partial charge >= 0.3 is 12.1 Å². The summed E-state index contributed by atoms with van der Waals surface area (Å²) in [7, 11) is 2.99. The molecule has 11 nitrogen and oxygen atoms in total. The SMILES string of the molecule is COC(=O)N(c1nc(-c2ccc(F)cc2)c(C=C[C@@H](O)C[C@@H](O)CC(=O)O)c(C(C)C)n1)c1nc2ccccc2n1C. The molecule has 0 saturated heterocycles. The number of ether oxygens (including phenoxy) is 1. The molecule has 2 aromatic heterocycles. The van der Waals surface area contributed by atoms with Crippen molar-refractivity contribution in [1.82, 2.24) is 19.5 Å². The summed E-state index contributed by atoms with van der Waals surface area (Å²) >= 11 is 0. The van der Waals surface area contributed by atoms with Crippen LogP contribution in [-0.4, -0.2) is 66.2 Å². The molecule has 3 N–H and O–H groups in total. The summed E-state index contributed by atoms with van der Waals surface area (Å²) in [6, 6.07) is 13.0. The normalized spacial score (nSPS) is 13.0. The average molecular weight is 578 g/mol. The Hall–Kier alpha value is -4.68. The Bertz CT molecular complexity index is 1620. The predicted molar refractivity (Wildman–Crippen MR) is 155 cm³/mol. The maximum absolute atomic E-state index is 13.9. The van der Waals surface area contributed by atoms with E-state index in [1.807, 2.05) is 38.1 Å². The summed E-state index contributed by atoms with van der Waals surface area (Å²) in [6.07, 6.45) is -0.922. The Morgan fingerprint density at radius 2 is 1.76 bits per heavy atom. The molecule has 0 unspecified atom stereocenters. The van der Waals surface area contributed by atoms with Crippen molar-refractivity contribution in [2.24, 2.45) is 7.05 Å². The van der Waals surface area contributed by atoms with Crippen LogP contribution >= 0.6 is 0 Å². The van der Waals surface area contributed by atoms with Crippen molar-refractivity contribution in [2.45, 2.75) is 44.8 Å². The van der Waals surface area contributed by atoms with Gasteiger partial charge in [0.25, 0.3) is 0 Å². The van der Waals surface area contributed by atoms with Gasteiger partial charge < -0.3 is 24.6 Å². The van der Waals surface area contributed by atoms with Crippen LogP contribution in [0, 0.1) is 5.82 Å². The number of aryl methyl sites for hydroxylation is 1. The fraction of sp³-hybridized carbons (Fsp3) is 0.300. The summed E-state index contributed by atoms with van der Waals surface area (Å²) in [5.74, 6) is -1.65. The Balaban J connectivity index is 1.90. The van der Waals surface area contributed by atoms with E-state index < -0.39 is 36.5 Å². The highest BCUT2D eigenvalue weighted by Gasteiger charge is 2.29. The Morgan fingerprint density at radius 1 is 1.07 bits per heavy atom. The number of fused-ring (bicyclic) bond motifs is 1. The zero-order valence-corrected chi connectivity index (χ0v) is 23.6. The van der Waals surface area contributed by atoms with E-state index in [2.05, 4.69) is 4.98 Å². The van der Waals surface area contributed by atoms with Crippen LogP contribution in [0.4, 0.5) is 21.1 Å². The maximum Gasteiger partial charge on any atom is 0.423 e. The van der Waals surface area contributed by atoms with Gasteiger partial charge in [-0.2, -0.15) is 4.90 Å². The number of hydrogen-bond acceptors (Lipinski definition) is 8. The van der Waals surface area contributed by atoms with E-state index in [-0.39, 0.29) is 24.2 Å². The van der Waals surface area contributed by atoms with E-state index in [0.717, 1.165) is 10.4 Å². The van der Waals surface area contributed by atoms with Crippen molar-refractivity contribution >= 4 is 41.1 Å². The second-order valence-electron chi connectivity index (χ2n) is 10.0. The predicted octanol–water partition coefficient (Wildman–Crippen LogP) is 4.80. The zero-order chi connectivity index (χ0) is 30.6. The first-order valence-electron chi connectivity index (χ1n) is 13.2. The number of aromatic nitrogens is 4. The van der Waals surface area contributed by atoms with Gasteiger partial charge in [0.1, 0.15) is 5.82 Å². The van der Waals surface area contributed by atoms with Gasteiger partial charge in [-0.15, -0.1) is 0 Å². The first-order chi connectivity index (χ1) is 20.0. The third kappa shape index (κ3) is 6.61. The van der Waals surface area contributed by atoms with Gasteiger partial charge in [0.05, 0.1) is 48.2 Å². The molecule has 0 aliphatic heterocycles. The number of aliphatic carboxylic acids is 1. The summed E-state index contributed by atoms with van der Waals surface area (Å²) in [4.78, 5) is 39.3. The standard InChI is InChI=1S/C30H32FN5O6/c1-17(2)26-22(14-13-20(37)15-21(38)16-25(39)40)27(18-9-11-19(31)12-10-18)34-28(33-26)36(30(41)42-4)29-32-23-7-5-6-8-24(23)35(29)3/h5-14,17,20-21,37-38H,15-16H2,1-4H3,(H,39,40)/t20-,21-/m1/s1. The molecule has 220 valence electrons. The molecule has 4 aromatic rings. The van der Waals surface area contributed by atoms with Crippen LogP contribution in [0.2, 0.25) is 0 Å². The molecule has 0 radical (unpaired) electrons. The highest BCUT2D eigenvalue weighted by Crippen LogP contribution is 2.34. The smallest absolute Gasteiger partial charge is 0.423 e. The van der Waals surface area contributed by atoms with Crippen LogP contribution in [-0.2, 0) is 16.6 Å². The second kappa shape index (κ2) is 12.9. The molecule has 0 aliphatic carbocycles. The molecule has 2 atom stereocenters. The number of carboxylic acids is 1. The maximum atomic E-state index is 13.9. The molecule has 0 fully saturated rings. The van der Waals surface area contributed by atoms with Crippen molar-refractivity contribution in [1.29, 1.82) is 0 Å². The topological polar surface area (TPSA) is 151 Å². The number of methoxy groups -OCH3 is 1. The summed E-state index contributed by atoms with van der Waals surface area (Å²) in [5.41, 5.74) is 3.25. The summed E-state index contributed by atoms with van der Waals surface area (Å²) in [6.45, 7) is 3.78. The Labute approximate surface area is 241 Å². The number of carbonyl (C=O) groups excluding carboxylic acids is 1. The monoisotopic (exact) mass is 577 g/mol. The fourth-order valence-electron chi connectivity index (χ4n) is 4.53. The minimum Gasteiger partial charge on any atom is -0.481 e. The third-order valence-corrected chi connectivity index (χ3v) is 6.56. The summed E-state index contributed by atoms with van der Waals surface area (Å²) in [5, 5.41) is 29.4. The van der Waals surface area contributed by atoms with E-state index >= 15 is 0 Å². The Kier molecular flexibility index (Phi) is 9.28. The number of aliphatic hydroxyl groups excluding tert-OH is 2. The van der Waals surface area contributed by atoms with Gasteiger partial charge in [0.15, 0.2) is 0 Å². The van der Waals surface area contributed by atoms with Crippen molar-refractivity contribution in [3.05, 3.63) is 71.7 Å². The van der Waals surface area contributed by atoms with Crippen LogP contribution in [0.25, 0.3) is 28.4 Å². The number of halogens is 1. The molecule has 42 heavy (non-hydrogen) atoms. The number of hydrogen-bond donors (Lipinski definition) is 3. The van der Waals surface area contributed by atoms with E-state index in [0.29, 0.717) is 28.0 Å². The van der Waals surface area contributed by atoms with Gasteiger partial charge in [0.2, 0.25) is 11.9 Å². The molecule has 4 rings (SSSR count). The van der Waals surface area contributed by atoms with Crippen LogP contribution in [0.1, 0.15) is 43.9 Å². The van der Waals surface area contributed by atoms with E-state index in [1.165, 1.54) is 37.5 Å². The molecule has 1 amide bonds. The largest absolute Gasteiger partial charge is 0.481 e. The lowest BCUT2D eigenvalue weighted by Crippen LogP contribution is -2.30. The van der Waals surface area contributed by atoms with Crippen molar-refractivity contribution in [2.75, 3.05) is 12.0 Å². The number of aliphatic hydroxyl groups is 2. The molecule has 0 saturated carbocycles. The minimum atomic E-state index is -1.25. The molecule has 2 heterocycles. The van der Waals surface area contributed by atoms with Crippen molar-refractivity contribution in [3.8, 4) is 11.3 Å². The van der Waals surface area contributed by atoms with Gasteiger partial charge in [0, 0.05) is 24.6 Å². The number of para-hydroxylation sites is 2.